The van der Waals surface area contributed by atoms with Gasteiger partial charge in [-0.1, -0.05) is 38.5 Å². The average Bonchev–Trinajstić information content (AvgIpc) is 3.02. The number of amidine groups is 1. The quantitative estimate of drug-likeness (QED) is 0.252. The van der Waals surface area contributed by atoms with E-state index in [1.54, 1.807) is 0 Å². The van der Waals surface area contributed by atoms with Crippen LogP contribution in [0.5, 0.6) is 0 Å². The molecule has 2 N–H and O–H groups in total. The number of rotatable bonds is 9. The monoisotopic (exact) mass is 450 g/mol. The first-order valence-corrected chi connectivity index (χ1v) is 13.2. The number of ether oxygens (including phenoxy) is 1. The fourth-order valence-corrected chi connectivity index (χ4v) is 6.15. The zero-order chi connectivity index (χ0) is 23.2. The Balaban J connectivity index is 1.37. The summed E-state index contributed by atoms with van der Waals surface area (Å²) < 4.78 is 6.10. The largest absolute Gasteiger partial charge is 0.379 e. The summed E-state index contributed by atoms with van der Waals surface area (Å²) in [5, 5.41) is 17.3. The Labute approximate surface area is 200 Å². The minimum Gasteiger partial charge on any atom is -0.379 e. The van der Waals surface area contributed by atoms with Gasteiger partial charge in [0.25, 0.3) is 0 Å². The highest BCUT2D eigenvalue weighted by Crippen LogP contribution is 2.42. The molecule has 0 saturated carbocycles. The Morgan fingerprint density at radius 3 is 2.94 bits per heavy atom. The van der Waals surface area contributed by atoms with E-state index in [0.717, 1.165) is 50.3 Å². The van der Waals surface area contributed by atoms with E-state index in [-0.39, 0.29) is 0 Å². The molecule has 2 saturated heterocycles. The second-order valence-corrected chi connectivity index (χ2v) is 10.2. The number of unbranched alkanes of at least 4 members (excludes halogenated alkanes) is 1. The molecule has 4 unspecified atom stereocenters. The molecule has 33 heavy (non-hydrogen) atoms. The van der Waals surface area contributed by atoms with E-state index >= 15 is 0 Å². The SMILES string of the molecule is CCCCC1=C(C(=N)N2C3CCCC2C(COCCN=C2C=CCCC2=N)C3)C(C)CC=C1. The van der Waals surface area contributed by atoms with Crippen molar-refractivity contribution < 1.29 is 4.74 Å². The number of nitrogens with zero attached hydrogens (tertiary/aromatic N) is 2. The Hall–Kier alpha value is -2.01. The standard InChI is InChI=1S/C28H42N4O/c1-3-4-10-21-11-7-9-20(2)27(21)28(30)32-23-12-8-15-26(32)22(18-23)19-33-17-16-31-25-14-6-5-13-24(25)29/h6-7,11,14,20,22-23,26,29-30H,3-5,8-10,12-13,15-19H2,1-2H3. The second-order valence-electron chi connectivity index (χ2n) is 10.2. The van der Waals surface area contributed by atoms with Crippen LogP contribution in [0.3, 0.4) is 0 Å². The van der Waals surface area contributed by atoms with E-state index in [0.29, 0.717) is 42.8 Å². The molecule has 2 aliphatic carbocycles. The number of hydrogen-bond donors (Lipinski definition) is 2. The molecule has 4 rings (SSSR count). The van der Waals surface area contributed by atoms with E-state index < -0.39 is 0 Å². The third kappa shape index (κ3) is 5.56. The van der Waals surface area contributed by atoms with Gasteiger partial charge in [0.2, 0.25) is 0 Å². The van der Waals surface area contributed by atoms with E-state index in [9.17, 15) is 5.41 Å². The van der Waals surface area contributed by atoms with Crippen molar-refractivity contribution in [1.82, 2.24) is 4.90 Å². The van der Waals surface area contributed by atoms with Gasteiger partial charge in [-0.3, -0.25) is 10.4 Å². The lowest BCUT2D eigenvalue weighted by Gasteiger charge is -2.40. The van der Waals surface area contributed by atoms with Crippen LogP contribution >= 0.6 is 0 Å². The van der Waals surface area contributed by atoms with Gasteiger partial charge in [-0.25, -0.2) is 0 Å². The Morgan fingerprint density at radius 2 is 2.12 bits per heavy atom. The highest BCUT2D eigenvalue weighted by Gasteiger charge is 2.45. The maximum absolute atomic E-state index is 9.29. The molecule has 2 bridgehead atoms. The van der Waals surface area contributed by atoms with Crippen LogP contribution in [0, 0.1) is 22.7 Å². The molecule has 2 aliphatic heterocycles. The molecule has 2 fully saturated rings. The molecule has 0 aromatic heterocycles. The van der Waals surface area contributed by atoms with Crippen LogP contribution in [0.15, 0.2) is 40.4 Å². The molecule has 0 radical (unpaired) electrons. The van der Waals surface area contributed by atoms with Gasteiger partial charge in [0.1, 0.15) is 5.84 Å². The fraction of sp³-hybridized carbons (Fsp3) is 0.679. The normalized spacial score (nSPS) is 30.5. The van der Waals surface area contributed by atoms with Crippen molar-refractivity contribution in [2.24, 2.45) is 16.8 Å². The Bertz CT molecular complexity index is 852. The van der Waals surface area contributed by atoms with Crippen LogP contribution in [0.2, 0.25) is 0 Å². The lowest BCUT2D eigenvalue weighted by molar-refractivity contribution is 0.0911. The van der Waals surface area contributed by atoms with Crippen molar-refractivity contribution in [1.29, 1.82) is 10.8 Å². The minimum atomic E-state index is 0.440. The lowest BCUT2D eigenvalue weighted by Crippen LogP contribution is -2.47. The molecule has 5 nitrogen and oxygen atoms in total. The van der Waals surface area contributed by atoms with Crippen LogP contribution in [0.1, 0.15) is 78.1 Å². The summed E-state index contributed by atoms with van der Waals surface area (Å²) in [7, 11) is 0. The molecule has 0 aromatic carbocycles. The molecule has 0 aromatic rings. The highest BCUT2D eigenvalue weighted by atomic mass is 16.5. The number of nitrogens with one attached hydrogen (secondary N) is 2. The topological polar surface area (TPSA) is 72.5 Å². The number of piperidine rings is 1. The first kappa shape index (κ1) is 24.1. The van der Waals surface area contributed by atoms with Crippen molar-refractivity contribution in [2.45, 2.75) is 90.1 Å². The molecule has 180 valence electrons. The summed E-state index contributed by atoms with van der Waals surface area (Å²) in [4.78, 5) is 7.05. The van der Waals surface area contributed by atoms with Gasteiger partial charge < -0.3 is 15.0 Å². The number of fused-ring (bicyclic) bond motifs is 2. The summed E-state index contributed by atoms with van der Waals surface area (Å²) >= 11 is 0. The van der Waals surface area contributed by atoms with Crippen LogP contribution in [0.4, 0.5) is 0 Å². The molecule has 4 aliphatic rings. The zero-order valence-electron chi connectivity index (χ0n) is 20.6. The summed E-state index contributed by atoms with van der Waals surface area (Å²) in [6.45, 7) is 6.55. The number of hydrogen-bond acceptors (Lipinski definition) is 4. The maximum Gasteiger partial charge on any atom is 0.124 e. The smallest absolute Gasteiger partial charge is 0.124 e. The predicted molar refractivity (Wildman–Crippen MR) is 138 cm³/mol. The first-order chi connectivity index (χ1) is 16.1. The van der Waals surface area contributed by atoms with E-state index in [4.69, 9.17) is 10.1 Å². The van der Waals surface area contributed by atoms with Gasteiger partial charge >= 0.3 is 0 Å². The van der Waals surface area contributed by atoms with Crippen molar-refractivity contribution in [3.63, 3.8) is 0 Å². The van der Waals surface area contributed by atoms with Gasteiger partial charge in [-0.2, -0.15) is 0 Å². The van der Waals surface area contributed by atoms with E-state index in [1.807, 2.05) is 6.08 Å². The first-order valence-electron chi connectivity index (χ1n) is 13.2. The molecule has 4 atom stereocenters. The second kappa shape index (κ2) is 11.4. The van der Waals surface area contributed by atoms with Crippen molar-refractivity contribution in [3.05, 3.63) is 35.5 Å². The molecule has 0 amide bonds. The summed E-state index contributed by atoms with van der Waals surface area (Å²) in [5.41, 5.74) is 4.18. The fourth-order valence-electron chi connectivity index (χ4n) is 6.15. The lowest BCUT2D eigenvalue weighted by atomic mass is 9.84. The molecule has 2 heterocycles. The van der Waals surface area contributed by atoms with E-state index in [2.05, 4.69) is 42.0 Å². The minimum absolute atomic E-state index is 0.440. The maximum atomic E-state index is 9.29. The van der Waals surface area contributed by atoms with Crippen molar-refractivity contribution >= 4 is 17.3 Å². The molecular formula is C28H42N4O. The van der Waals surface area contributed by atoms with Gasteiger partial charge in [0, 0.05) is 23.6 Å². The van der Waals surface area contributed by atoms with Crippen molar-refractivity contribution in [2.75, 3.05) is 19.8 Å². The van der Waals surface area contributed by atoms with Gasteiger partial charge in [0.15, 0.2) is 0 Å². The molecular weight excluding hydrogens is 408 g/mol. The molecule has 5 heteroatoms. The third-order valence-electron chi connectivity index (χ3n) is 7.86. The van der Waals surface area contributed by atoms with Crippen LogP contribution in [-0.4, -0.2) is 54.0 Å². The number of allylic oxidation sites excluding steroid dienone is 5. The van der Waals surface area contributed by atoms with Crippen LogP contribution in [-0.2, 0) is 4.74 Å². The predicted octanol–water partition coefficient (Wildman–Crippen LogP) is 6.12. The highest BCUT2D eigenvalue weighted by molar-refractivity contribution is 6.46. The Kier molecular flexibility index (Phi) is 8.34. The Morgan fingerprint density at radius 1 is 1.24 bits per heavy atom. The summed E-state index contributed by atoms with van der Waals surface area (Å²) in [6.07, 6.45) is 19.8. The van der Waals surface area contributed by atoms with Crippen LogP contribution < -0.4 is 0 Å². The van der Waals surface area contributed by atoms with Gasteiger partial charge in [0.05, 0.1) is 31.2 Å². The summed E-state index contributed by atoms with van der Waals surface area (Å²) in [6, 6.07) is 0.936. The van der Waals surface area contributed by atoms with E-state index in [1.165, 1.54) is 43.3 Å². The van der Waals surface area contributed by atoms with Gasteiger partial charge in [-0.15, -0.1) is 0 Å². The average molecular weight is 451 g/mol. The van der Waals surface area contributed by atoms with Crippen LogP contribution in [0.25, 0.3) is 0 Å². The number of aliphatic imine (C=N–C) groups is 1. The third-order valence-corrected chi connectivity index (χ3v) is 7.86. The molecule has 0 spiro atoms. The summed E-state index contributed by atoms with van der Waals surface area (Å²) in [5.74, 6) is 1.76. The van der Waals surface area contributed by atoms with Gasteiger partial charge in [-0.05, 0) is 75.4 Å². The zero-order valence-corrected chi connectivity index (χ0v) is 20.6. The van der Waals surface area contributed by atoms with Crippen molar-refractivity contribution in [3.8, 4) is 0 Å².